The van der Waals surface area contributed by atoms with Crippen molar-refractivity contribution in [2.24, 2.45) is 5.92 Å². The zero-order valence-electron chi connectivity index (χ0n) is 9.47. The van der Waals surface area contributed by atoms with Crippen molar-refractivity contribution in [3.8, 4) is 10.8 Å². The molecular weight excluding hydrogens is 238 g/mol. The van der Waals surface area contributed by atoms with E-state index < -0.39 is 0 Å². The normalized spacial score (nSPS) is 11.2. The van der Waals surface area contributed by atoms with Crippen LogP contribution in [0.1, 0.15) is 19.5 Å². The molecule has 2 nitrogen and oxygen atoms in total. The van der Waals surface area contributed by atoms with Crippen LogP contribution in [0.2, 0.25) is 0 Å². The van der Waals surface area contributed by atoms with Gasteiger partial charge in [0.2, 0.25) is 5.89 Å². The minimum absolute atomic E-state index is 0.730. The monoisotopic (exact) mass is 253 g/mol. The molecule has 0 aliphatic rings. The Hall–Kier alpha value is -0.740. The number of oxazole rings is 1. The topological polar surface area (TPSA) is 26.0 Å². The first kappa shape index (κ1) is 11.7. The fraction of sp³-hybridized carbons (Fsp3) is 0.417. The Kier molecular flexibility index (Phi) is 4.07. The van der Waals surface area contributed by atoms with E-state index in [0.29, 0.717) is 0 Å². The lowest BCUT2D eigenvalue weighted by Crippen LogP contribution is -1.91. The summed E-state index contributed by atoms with van der Waals surface area (Å²) in [5.41, 5.74) is 1.04. The van der Waals surface area contributed by atoms with Crippen molar-refractivity contribution in [1.29, 1.82) is 0 Å². The summed E-state index contributed by atoms with van der Waals surface area (Å²) in [4.78, 5) is 5.57. The van der Waals surface area contributed by atoms with Gasteiger partial charge in [0.25, 0.3) is 0 Å². The van der Waals surface area contributed by atoms with Crippen molar-refractivity contribution in [3.63, 3.8) is 0 Å². The van der Waals surface area contributed by atoms with E-state index in [0.717, 1.165) is 28.1 Å². The molecule has 0 bridgehead atoms. The van der Waals surface area contributed by atoms with Gasteiger partial charge in [0.15, 0.2) is 0 Å². The van der Waals surface area contributed by atoms with Gasteiger partial charge in [-0.3, -0.25) is 0 Å². The van der Waals surface area contributed by atoms with Gasteiger partial charge in [-0.25, -0.2) is 4.98 Å². The summed E-state index contributed by atoms with van der Waals surface area (Å²) >= 11 is 3.56. The predicted molar refractivity (Wildman–Crippen MR) is 70.8 cm³/mol. The lowest BCUT2D eigenvalue weighted by molar-refractivity contribution is 0.575. The van der Waals surface area contributed by atoms with Crippen LogP contribution < -0.4 is 0 Å². The van der Waals surface area contributed by atoms with Crippen LogP contribution in [0.4, 0.5) is 0 Å². The van der Waals surface area contributed by atoms with Crippen molar-refractivity contribution < 1.29 is 4.42 Å². The standard InChI is InChI=1S/C12H15NOS2/c1-9(2)7-15-8-10-6-14-12(13-10)11-4-3-5-16-11/h3-6,9H,7-8H2,1-2H3. The Labute approximate surface area is 104 Å². The second-order valence-electron chi connectivity index (χ2n) is 4.03. The van der Waals surface area contributed by atoms with Crippen LogP contribution in [-0.4, -0.2) is 10.7 Å². The van der Waals surface area contributed by atoms with E-state index in [1.165, 1.54) is 5.75 Å². The summed E-state index contributed by atoms with van der Waals surface area (Å²) in [6.07, 6.45) is 1.77. The molecule has 0 atom stereocenters. The zero-order valence-corrected chi connectivity index (χ0v) is 11.1. The first-order valence-electron chi connectivity index (χ1n) is 5.31. The molecule has 4 heteroatoms. The molecule has 2 aromatic heterocycles. The first-order valence-corrected chi connectivity index (χ1v) is 7.35. The molecule has 86 valence electrons. The van der Waals surface area contributed by atoms with Gasteiger partial charge in [0.05, 0.1) is 10.6 Å². The second kappa shape index (κ2) is 5.55. The summed E-state index contributed by atoms with van der Waals surface area (Å²) in [5, 5.41) is 2.03. The number of rotatable bonds is 5. The summed E-state index contributed by atoms with van der Waals surface area (Å²) in [7, 11) is 0. The third kappa shape index (κ3) is 3.12. The smallest absolute Gasteiger partial charge is 0.236 e. The van der Waals surface area contributed by atoms with Gasteiger partial charge in [-0.1, -0.05) is 19.9 Å². The molecule has 2 heterocycles. The van der Waals surface area contributed by atoms with Crippen molar-refractivity contribution in [2.75, 3.05) is 5.75 Å². The molecule has 16 heavy (non-hydrogen) atoms. The van der Waals surface area contributed by atoms with E-state index in [2.05, 4.69) is 18.8 Å². The minimum Gasteiger partial charge on any atom is -0.444 e. The highest BCUT2D eigenvalue weighted by atomic mass is 32.2. The number of aromatic nitrogens is 1. The van der Waals surface area contributed by atoms with Crippen molar-refractivity contribution in [3.05, 3.63) is 29.5 Å². The van der Waals surface area contributed by atoms with Crippen LogP contribution in [0.25, 0.3) is 10.8 Å². The molecule has 0 N–H and O–H groups in total. The summed E-state index contributed by atoms with van der Waals surface area (Å²) in [5.74, 6) is 3.58. The van der Waals surface area contributed by atoms with Crippen LogP contribution in [0.15, 0.2) is 28.2 Å². The van der Waals surface area contributed by atoms with E-state index in [1.54, 1.807) is 17.6 Å². The average molecular weight is 253 g/mol. The van der Waals surface area contributed by atoms with E-state index >= 15 is 0 Å². The number of hydrogen-bond donors (Lipinski definition) is 0. The number of hydrogen-bond acceptors (Lipinski definition) is 4. The molecule has 0 unspecified atom stereocenters. The Balaban J connectivity index is 1.93. The first-order chi connectivity index (χ1) is 7.75. The van der Waals surface area contributed by atoms with Gasteiger partial charge in [-0.15, -0.1) is 11.3 Å². The zero-order chi connectivity index (χ0) is 11.4. The predicted octanol–water partition coefficient (Wildman–Crippen LogP) is 4.29. The fourth-order valence-corrected chi connectivity index (χ4v) is 2.87. The van der Waals surface area contributed by atoms with Crippen LogP contribution in [-0.2, 0) is 5.75 Å². The largest absolute Gasteiger partial charge is 0.444 e. The summed E-state index contributed by atoms with van der Waals surface area (Å²) in [6, 6.07) is 4.04. The third-order valence-electron chi connectivity index (χ3n) is 1.98. The van der Waals surface area contributed by atoms with Gasteiger partial charge in [0.1, 0.15) is 6.26 Å². The minimum atomic E-state index is 0.730. The molecule has 0 saturated carbocycles. The second-order valence-corrected chi connectivity index (χ2v) is 6.01. The molecule has 0 spiro atoms. The Bertz CT molecular complexity index is 420. The molecular formula is C12H15NOS2. The van der Waals surface area contributed by atoms with Gasteiger partial charge >= 0.3 is 0 Å². The quantitative estimate of drug-likeness (QED) is 0.795. The van der Waals surface area contributed by atoms with E-state index in [4.69, 9.17) is 4.42 Å². The van der Waals surface area contributed by atoms with Crippen molar-refractivity contribution in [1.82, 2.24) is 4.98 Å². The molecule has 2 rings (SSSR count). The van der Waals surface area contributed by atoms with E-state index in [1.807, 2.05) is 29.3 Å². The van der Waals surface area contributed by atoms with Crippen LogP contribution in [0.5, 0.6) is 0 Å². The molecule has 0 saturated heterocycles. The highest BCUT2D eigenvalue weighted by Crippen LogP contribution is 2.25. The molecule has 0 radical (unpaired) electrons. The van der Waals surface area contributed by atoms with Crippen LogP contribution in [0.3, 0.4) is 0 Å². The molecule has 0 aliphatic heterocycles. The lowest BCUT2D eigenvalue weighted by atomic mass is 10.3. The Morgan fingerprint density at radius 1 is 1.50 bits per heavy atom. The average Bonchev–Trinajstić information content (AvgIpc) is 2.85. The van der Waals surface area contributed by atoms with Gasteiger partial charge in [-0.2, -0.15) is 11.8 Å². The molecule has 2 aromatic rings. The van der Waals surface area contributed by atoms with E-state index in [-0.39, 0.29) is 0 Å². The van der Waals surface area contributed by atoms with E-state index in [9.17, 15) is 0 Å². The highest BCUT2D eigenvalue weighted by molar-refractivity contribution is 7.98. The molecule has 0 aromatic carbocycles. The number of thiophene rings is 1. The Morgan fingerprint density at radius 3 is 3.06 bits per heavy atom. The van der Waals surface area contributed by atoms with Crippen molar-refractivity contribution >= 4 is 23.1 Å². The summed E-state index contributed by atoms with van der Waals surface area (Å²) < 4.78 is 5.45. The van der Waals surface area contributed by atoms with Gasteiger partial charge in [0, 0.05) is 5.75 Å². The van der Waals surface area contributed by atoms with Crippen LogP contribution >= 0.6 is 23.1 Å². The van der Waals surface area contributed by atoms with Gasteiger partial charge < -0.3 is 4.42 Å². The summed E-state index contributed by atoms with van der Waals surface area (Å²) in [6.45, 7) is 4.46. The maximum Gasteiger partial charge on any atom is 0.236 e. The fourth-order valence-electron chi connectivity index (χ4n) is 1.29. The Morgan fingerprint density at radius 2 is 2.38 bits per heavy atom. The number of thioether (sulfide) groups is 1. The maximum absolute atomic E-state index is 5.45. The molecule has 0 aliphatic carbocycles. The third-order valence-corrected chi connectivity index (χ3v) is 4.24. The SMILES string of the molecule is CC(C)CSCc1coc(-c2cccs2)n1. The highest BCUT2D eigenvalue weighted by Gasteiger charge is 2.07. The van der Waals surface area contributed by atoms with Gasteiger partial charge in [-0.05, 0) is 23.1 Å². The van der Waals surface area contributed by atoms with Crippen molar-refractivity contribution in [2.45, 2.75) is 19.6 Å². The van der Waals surface area contributed by atoms with Crippen LogP contribution in [0, 0.1) is 5.92 Å². The number of nitrogens with zero attached hydrogens (tertiary/aromatic N) is 1. The maximum atomic E-state index is 5.45. The molecule has 0 fully saturated rings. The lowest BCUT2D eigenvalue weighted by Gasteiger charge is -2.01. The molecule has 0 amide bonds.